The Morgan fingerprint density at radius 1 is 0.750 bits per heavy atom. The lowest BCUT2D eigenvalue weighted by molar-refractivity contribution is -0.159. The number of nitrogens with two attached hydrogens (primary N) is 1. The third kappa shape index (κ3) is 7.54. The van der Waals surface area contributed by atoms with Crippen LogP contribution in [0.25, 0.3) is 11.4 Å². The molecule has 5 aromatic carbocycles. The minimum absolute atomic E-state index is 0.224. The highest BCUT2D eigenvalue weighted by Gasteiger charge is 2.38. The zero-order chi connectivity index (χ0) is 33.5. The summed E-state index contributed by atoms with van der Waals surface area (Å²) in [6.45, 7) is 1.17. The maximum Gasteiger partial charge on any atom is 0.471 e. The Balaban J connectivity index is 0.000000223. The van der Waals surface area contributed by atoms with Crippen LogP contribution in [0.2, 0.25) is 0 Å². The summed E-state index contributed by atoms with van der Waals surface area (Å²) < 4.78 is 54.3. The van der Waals surface area contributed by atoms with Crippen molar-refractivity contribution in [2.45, 2.75) is 25.8 Å². The molecule has 2 N–H and O–H groups in total. The molecule has 1 aromatic heterocycles. The molecule has 1 amide bonds. The number of fused-ring (bicyclic) bond motifs is 1. The van der Waals surface area contributed by atoms with Crippen LogP contribution in [0.1, 0.15) is 32.9 Å². The molecule has 1 aliphatic rings. The van der Waals surface area contributed by atoms with Gasteiger partial charge in [-0.05, 0) is 48.0 Å². The van der Waals surface area contributed by atoms with Crippen LogP contribution in [0.4, 0.5) is 13.2 Å². The fourth-order valence-corrected chi connectivity index (χ4v) is 5.03. The Hall–Kier alpha value is -5.94. The third-order valence-electron chi connectivity index (χ3n) is 7.38. The maximum absolute atomic E-state index is 13.1. The Morgan fingerprint density at radius 3 is 1.90 bits per heavy atom. The van der Waals surface area contributed by atoms with Crippen LogP contribution < -0.4 is 15.2 Å². The quantitative estimate of drug-likeness (QED) is 0.176. The summed E-state index contributed by atoms with van der Waals surface area (Å²) in [5, 5.41) is 3.39. The van der Waals surface area contributed by atoms with Gasteiger partial charge in [0.1, 0.15) is 23.0 Å². The molecule has 0 unspecified atom stereocenters. The Kier molecular flexibility index (Phi) is 9.49. The summed E-state index contributed by atoms with van der Waals surface area (Å²) in [4.78, 5) is 18.1. The molecule has 0 spiro atoms. The monoisotopic (exact) mass is 650 g/mol. The number of aromatic nitrogens is 2. The zero-order valence-corrected chi connectivity index (χ0v) is 25.4. The second kappa shape index (κ2) is 14.2. The van der Waals surface area contributed by atoms with Gasteiger partial charge in [0, 0.05) is 35.3 Å². The number of hydrogen-bond acceptors (Lipinski definition) is 7. The van der Waals surface area contributed by atoms with Crippen molar-refractivity contribution in [1.82, 2.24) is 15.0 Å². The molecule has 0 atom stereocenters. The molecule has 7 rings (SSSR count). The minimum Gasteiger partial charge on any atom is -0.457 e. The van der Waals surface area contributed by atoms with Gasteiger partial charge in [-0.1, -0.05) is 90.1 Å². The third-order valence-corrected chi connectivity index (χ3v) is 7.38. The number of ether oxygens (including phenoxy) is 2. The standard InChI is InChI=1S/C24H16F3N3O3.C13H13NO/c25-24(26,27)23-28-21(29-33-23)15-10-11-16-13-30(22(31)19(16)12-15)14-17-6-4-5-9-20(17)32-18-7-2-1-3-8-18;14-10-11-6-4-5-9-13(11)15-12-7-2-1-3-8-12/h1-12H,13-14H2;1-9H,10,14H2. The van der Waals surface area contributed by atoms with Crippen molar-refractivity contribution >= 4 is 5.91 Å². The molecule has 2 heterocycles. The number of benzene rings is 5. The van der Waals surface area contributed by atoms with Gasteiger partial charge in [0.15, 0.2) is 0 Å². The number of carbonyl (C=O) groups excluding carboxylic acids is 1. The van der Waals surface area contributed by atoms with Crippen LogP contribution in [0.3, 0.4) is 0 Å². The summed E-state index contributed by atoms with van der Waals surface area (Å²) in [7, 11) is 0. The molecule has 242 valence electrons. The van der Waals surface area contributed by atoms with Gasteiger partial charge in [-0.25, -0.2) is 0 Å². The summed E-state index contributed by atoms with van der Waals surface area (Å²) in [5.74, 6) is 1.09. The highest BCUT2D eigenvalue weighted by Crippen LogP contribution is 2.33. The predicted octanol–water partition coefficient (Wildman–Crippen LogP) is 8.64. The summed E-state index contributed by atoms with van der Waals surface area (Å²) in [6, 6.07) is 39.0. The first-order valence-corrected chi connectivity index (χ1v) is 14.9. The first-order chi connectivity index (χ1) is 23.3. The summed E-state index contributed by atoms with van der Waals surface area (Å²) >= 11 is 0. The molecule has 0 saturated heterocycles. The van der Waals surface area contributed by atoms with Crippen LogP contribution in [0.15, 0.2) is 132 Å². The normalized spacial score (nSPS) is 12.2. The molecule has 0 aliphatic carbocycles. The molecule has 0 bridgehead atoms. The van der Waals surface area contributed by atoms with Gasteiger partial charge in [0.25, 0.3) is 5.91 Å². The number of hydrogen-bond donors (Lipinski definition) is 1. The first-order valence-electron chi connectivity index (χ1n) is 14.9. The molecular formula is C37H29F3N4O4. The van der Waals surface area contributed by atoms with Crippen LogP contribution in [0, 0.1) is 0 Å². The van der Waals surface area contributed by atoms with E-state index in [1.165, 1.54) is 6.07 Å². The molecule has 0 saturated carbocycles. The van der Waals surface area contributed by atoms with Gasteiger partial charge in [-0.15, -0.1) is 0 Å². The Bertz CT molecular complexity index is 2000. The number of alkyl halides is 3. The average Bonchev–Trinajstić information content (AvgIpc) is 3.73. The number of amides is 1. The van der Waals surface area contributed by atoms with E-state index in [4.69, 9.17) is 15.2 Å². The van der Waals surface area contributed by atoms with Crippen molar-refractivity contribution in [3.05, 3.63) is 156 Å². The SMILES string of the molecule is NCc1ccccc1Oc1ccccc1.O=C1c2cc(-c3noc(C(F)(F)F)n3)ccc2CN1Cc1ccccc1Oc1ccccc1. The summed E-state index contributed by atoms with van der Waals surface area (Å²) in [5.41, 5.74) is 8.91. The molecule has 0 fully saturated rings. The lowest BCUT2D eigenvalue weighted by Crippen LogP contribution is -2.23. The first kappa shape index (κ1) is 32.0. The fraction of sp³-hybridized carbons (Fsp3) is 0.108. The van der Waals surface area contributed by atoms with Crippen LogP contribution in [-0.4, -0.2) is 20.9 Å². The van der Waals surface area contributed by atoms with Crippen LogP contribution in [-0.2, 0) is 25.8 Å². The van der Waals surface area contributed by atoms with E-state index in [2.05, 4.69) is 14.7 Å². The van der Waals surface area contributed by atoms with Crippen molar-refractivity contribution in [3.8, 4) is 34.4 Å². The Morgan fingerprint density at radius 2 is 1.31 bits per heavy atom. The van der Waals surface area contributed by atoms with Crippen LogP contribution >= 0.6 is 0 Å². The number of carbonyl (C=O) groups is 1. The zero-order valence-electron chi connectivity index (χ0n) is 25.4. The average molecular weight is 651 g/mol. The van der Waals surface area contributed by atoms with Gasteiger partial charge in [-0.2, -0.15) is 18.2 Å². The highest BCUT2D eigenvalue weighted by atomic mass is 19.4. The van der Waals surface area contributed by atoms with Gasteiger partial charge >= 0.3 is 12.1 Å². The minimum atomic E-state index is -4.73. The molecule has 48 heavy (non-hydrogen) atoms. The molecule has 11 heteroatoms. The van der Waals surface area contributed by atoms with E-state index >= 15 is 0 Å². The second-order valence-electron chi connectivity index (χ2n) is 10.7. The highest BCUT2D eigenvalue weighted by molar-refractivity contribution is 5.99. The number of nitrogens with zero attached hydrogens (tertiary/aromatic N) is 3. The van der Waals surface area contributed by atoms with Crippen LogP contribution in [0.5, 0.6) is 23.0 Å². The molecular weight excluding hydrogens is 621 g/mol. The van der Waals surface area contributed by atoms with E-state index in [9.17, 15) is 18.0 Å². The van der Waals surface area contributed by atoms with Crippen molar-refractivity contribution in [2.75, 3.05) is 0 Å². The van der Waals surface area contributed by atoms with Crippen molar-refractivity contribution < 1.29 is 32.0 Å². The van der Waals surface area contributed by atoms with Crippen molar-refractivity contribution in [1.29, 1.82) is 0 Å². The van der Waals surface area contributed by atoms with Crippen molar-refractivity contribution in [2.24, 2.45) is 5.73 Å². The van der Waals surface area contributed by atoms with E-state index in [-0.39, 0.29) is 17.3 Å². The fourth-order valence-electron chi connectivity index (χ4n) is 5.03. The maximum atomic E-state index is 13.1. The molecule has 6 aromatic rings. The molecule has 1 aliphatic heterocycles. The lowest BCUT2D eigenvalue weighted by atomic mass is 10.1. The Labute approximate surface area is 274 Å². The van der Waals surface area contributed by atoms with Crippen molar-refractivity contribution in [3.63, 3.8) is 0 Å². The van der Waals surface area contributed by atoms with Gasteiger partial charge in [0.2, 0.25) is 5.82 Å². The largest absolute Gasteiger partial charge is 0.471 e. The molecule has 8 nitrogen and oxygen atoms in total. The summed E-state index contributed by atoms with van der Waals surface area (Å²) in [6.07, 6.45) is -4.73. The smallest absolute Gasteiger partial charge is 0.457 e. The molecule has 0 radical (unpaired) electrons. The second-order valence-corrected chi connectivity index (χ2v) is 10.7. The van der Waals surface area contributed by atoms with E-state index in [1.54, 1.807) is 17.0 Å². The van der Waals surface area contributed by atoms with E-state index in [0.29, 0.717) is 36.7 Å². The predicted molar refractivity (Wildman–Crippen MR) is 172 cm³/mol. The van der Waals surface area contributed by atoms with Gasteiger partial charge < -0.3 is 24.6 Å². The van der Waals surface area contributed by atoms with E-state index < -0.39 is 12.1 Å². The lowest BCUT2D eigenvalue weighted by Gasteiger charge is -2.18. The topological polar surface area (TPSA) is 104 Å². The van der Waals surface area contributed by atoms with Gasteiger partial charge in [-0.3, -0.25) is 4.79 Å². The van der Waals surface area contributed by atoms with E-state index in [1.807, 2.05) is 109 Å². The van der Waals surface area contributed by atoms with E-state index in [0.717, 1.165) is 28.2 Å². The number of rotatable bonds is 8. The van der Waals surface area contributed by atoms with Gasteiger partial charge in [0.05, 0.1) is 6.54 Å². The number of halogens is 3. The number of para-hydroxylation sites is 4.